The summed E-state index contributed by atoms with van der Waals surface area (Å²) in [6.45, 7) is 0.857. The van der Waals surface area contributed by atoms with Crippen molar-refractivity contribution in [1.29, 1.82) is 0 Å². The number of rotatable bonds is 7. The Balaban J connectivity index is 1.55. The molecule has 1 amide bonds. The molecule has 2 aliphatic rings. The van der Waals surface area contributed by atoms with Gasteiger partial charge >= 0.3 is 0 Å². The van der Waals surface area contributed by atoms with Crippen LogP contribution in [0.15, 0.2) is 30.3 Å². The zero-order valence-electron chi connectivity index (χ0n) is 16.6. The third-order valence-corrected chi connectivity index (χ3v) is 6.27. The van der Waals surface area contributed by atoms with Gasteiger partial charge in [-0.25, -0.2) is 0 Å². The second-order valence-corrected chi connectivity index (χ2v) is 7.72. The number of thioether (sulfide) groups is 1. The van der Waals surface area contributed by atoms with Crippen LogP contribution in [0.2, 0.25) is 0 Å². The summed E-state index contributed by atoms with van der Waals surface area (Å²) in [5.74, 6) is 3.79. The second-order valence-electron chi connectivity index (χ2n) is 6.65. The van der Waals surface area contributed by atoms with Crippen LogP contribution in [0.3, 0.4) is 0 Å². The maximum atomic E-state index is 12.6. The van der Waals surface area contributed by atoms with E-state index in [-0.39, 0.29) is 18.1 Å². The lowest BCUT2D eigenvalue weighted by molar-refractivity contribution is -0.128. The first-order valence-electron chi connectivity index (χ1n) is 9.24. The van der Waals surface area contributed by atoms with E-state index in [2.05, 4.69) is 0 Å². The van der Waals surface area contributed by atoms with Gasteiger partial charge in [0.1, 0.15) is 5.37 Å². The molecular weight excluding hydrogens is 394 g/mol. The average molecular weight is 417 g/mol. The van der Waals surface area contributed by atoms with Crippen molar-refractivity contribution in [3.05, 3.63) is 41.5 Å². The van der Waals surface area contributed by atoms with Crippen molar-refractivity contribution in [2.45, 2.75) is 11.8 Å². The first-order chi connectivity index (χ1) is 14.1. The van der Waals surface area contributed by atoms with E-state index >= 15 is 0 Å². The first kappa shape index (κ1) is 19.6. The lowest BCUT2D eigenvalue weighted by atomic mass is 10.1. The highest BCUT2D eigenvalue weighted by Crippen LogP contribution is 2.45. The van der Waals surface area contributed by atoms with E-state index in [0.29, 0.717) is 29.5 Å². The summed E-state index contributed by atoms with van der Waals surface area (Å²) in [7, 11) is 4.75. The number of hydrogen-bond donors (Lipinski definition) is 0. The van der Waals surface area contributed by atoms with Gasteiger partial charge in [0.2, 0.25) is 18.4 Å². The van der Waals surface area contributed by atoms with Crippen LogP contribution in [-0.2, 0) is 11.2 Å². The molecule has 154 valence electrons. The predicted molar refractivity (Wildman–Crippen MR) is 109 cm³/mol. The van der Waals surface area contributed by atoms with Crippen molar-refractivity contribution in [2.24, 2.45) is 0 Å². The summed E-state index contributed by atoms with van der Waals surface area (Å²) < 4.78 is 27.2. The molecule has 1 unspecified atom stereocenters. The minimum Gasteiger partial charge on any atom is -0.493 e. The van der Waals surface area contributed by atoms with Crippen LogP contribution in [0.5, 0.6) is 28.7 Å². The van der Waals surface area contributed by atoms with E-state index in [0.717, 1.165) is 29.0 Å². The van der Waals surface area contributed by atoms with Gasteiger partial charge in [-0.05, 0) is 41.8 Å². The Bertz CT molecular complexity index is 893. The van der Waals surface area contributed by atoms with E-state index in [9.17, 15) is 4.79 Å². The molecule has 2 heterocycles. The van der Waals surface area contributed by atoms with E-state index in [1.807, 2.05) is 35.2 Å². The quantitative estimate of drug-likeness (QED) is 0.685. The van der Waals surface area contributed by atoms with Gasteiger partial charge in [0.25, 0.3) is 0 Å². The minimum absolute atomic E-state index is 0.106. The molecule has 2 aromatic rings. The molecule has 2 aromatic carbocycles. The Morgan fingerprint density at radius 3 is 2.45 bits per heavy atom. The molecule has 1 saturated heterocycles. The van der Waals surface area contributed by atoms with Gasteiger partial charge in [0, 0.05) is 6.54 Å². The number of methoxy groups -OCH3 is 3. The van der Waals surface area contributed by atoms with Crippen LogP contribution in [-0.4, -0.2) is 51.2 Å². The summed E-state index contributed by atoms with van der Waals surface area (Å²) in [5.41, 5.74) is 2.05. The van der Waals surface area contributed by atoms with E-state index in [1.54, 1.807) is 33.1 Å². The fraction of sp³-hybridized carbons (Fsp3) is 0.381. The number of fused-ring (bicyclic) bond motifs is 1. The monoisotopic (exact) mass is 417 g/mol. The summed E-state index contributed by atoms with van der Waals surface area (Å²) in [4.78, 5) is 14.5. The molecule has 0 radical (unpaired) electrons. The zero-order valence-corrected chi connectivity index (χ0v) is 17.4. The summed E-state index contributed by atoms with van der Waals surface area (Å²) in [5, 5.41) is -0.106. The van der Waals surface area contributed by atoms with Gasteiger partial charge in [0.15, 0.2) is 23.0 Å². The molecule has 0 saturated carbocycles. The van der Waals surface area contributed by atoms with Crippen LogP contribution in [0.4, 0.5) is 0 Å². The first-order valence-corrected chi connectivity index (χ1v) is 10.3. The number of ether oxygens (including phenoxy) is 5. The molecule has 8 heteroatoms. The molecule has 7 nitrogen and oxygen atoms in total. The smallest absolute Gasteiger partial charge is 0.233 e. The number of carbonyl (C=O) groups excluding carboxylic acids is 1. The number of carbonyl (C=O) groups is 1. The van der Waals surface area contributed by atoms with Gasteiger partial charge in [0.05, 0.1) is 27.1 Å². The van der Waals surface area contributed by atoms with Gasteiger partial charge in [-0.15, -0.1) is 11.8 Å². The summed E-state index contributed by atoms with van der Waals surface area (Å²) in [6, 6.07) is 9.71. The van der Waals surface area contributed by atoms with Crippen molar-refractivity contribution >= 4 is 17.7 Å². The van der Waals surface area contributed by atoms with Gasteiger partial charge in [-0.2, -0.15) is 0 Å². The Hall–Kier alpha value is -2.74. The number of benzene rings is 2. The topological polar surface area (TPSA) is 66.5 Å². The Morgan fingerprint density at radius 2 is 1.76 bits per heavy atom. The van der Waals surface area contributed by atoms with Crippen LogP contribution in [0.1, 0.15) is 16.5 Å². The van der Waals surface area contributed by atoms with Crippen molar-refractivity contribution in [1.82, 2.24) is 4.90 Å². The molecule has 0 N–H and O–H groups in total. The molecule has 0 spiro atoms. The van der Waals surface area contributed by atoms with E-state index < -0.39 is 0 Å². The standard InChI is InChI=1S/C21H23NO6S/c1-24-17-9-14(10-18(25-2)20(17)26-3)21-22(19(23)11-29-21)7-6-13-4-5-15-16(8-13)28-12-27-15/h4-5,8-10,21H,6-7,11-12H2,1-3H3. The molecule has 0 aliphatic carbocycles. The molecule has 2 aliphatic heterocycles. The lowest BCUT2D eigenvalue weighted by Crippen LogP contribution is -2.30. The van der Waals surface area contributed by atoms with Gasteiger partial charge in [-0.1, -0.05) is 6.07 Å². The SMILES string of the molecule is COc1cc(C2SCC(=O)N2CCc2ccc3c(c2)OCO3)cc(OC)c1OC. The molecule has 4 rings (SSSR count). The number of nitrogens with zero attached hydrogens (tertiary/aromatic N) is 1. The average Bonchev–Trinajstić information content (AvgIpc) is 3.36. The molecular formula is C21H23NO6S. The maximum Gasteiger partial charge on any atom is 0.233 e. The van der Waals surface area contributed by atoms with Crippen LogP contribution in [0.25, 0.3) is 0 Å². The third-order valence-electron chi connectivity index (χ3n) is 5.02. The van der Waals surface area contributed by atoms with Crippen molar-refractivity contribution in [3.63, 3.8) is 0 Å². The van der Waals surface area contributed by atoms with Crippen molar-refractivity contribution in [2.75, 3.05) is 40.4 Å². The fourth-order valence-corrected chi connectivity index (χ4v) is 4.76. The molecule has 29 heavy (non-hydrogen) atoms. The lowest BCUT2D eigenvalue weighted by Gasteiger charge is -2.25. The van der Waals surface area contributed by atoms with E-state index in [1.165, 1.54) is 0 Å². The highest BCUT2D eigenvalue weighted by atomic mass is 32.2. The minimum atomic E-state index is -0.106. The molecule has 1 atom stereocenters. The molecule has 0 bridgehead atoms. The maximum absolute atomic E-state index is 12.6. The second kappa shape index (κ2) is 8.32. The summed E-state index contributed by atoms with van der Waals surface area (Å²) in [6.07, 6.45) is 0.726. The Morgan fingerprint density at radius 1 is 1.03 bits per heavy atom. The van der Waals surface area contributed by atoms with Crippen LogP contribution < -0.4 is 23.7 Å². The normalized spacial score (nSPS) is 17.6. The van der Waals surface area contributed by atoms with Crippen molar-refractivity contribution in [3.8, 4) is 28.7 Å². The molecule has 0 aromatic heterocycles. The van der Waals surface area contributed by atoms with E-state index in [4.69, 9.17) is 23.7 Å². The number of hydrogen-bond acceptors (Lipinski definition) is 7. The predicted octanol–water partition coefficient (Wildman–Crippen LogP) is 3.26. The van der Waals surface area contributed by atoms with Crippen LogP contribution >= 0.6 is 11.8 Å². The highest BCUT2D eigenvalue weighted by Gasteiger charge is 2.34. The van der Waals surface area contributed by atoms with Gasteiger partial charge < -0.3 is 28.6 Å². The molecule has 1 fully saturated rings. The highest BCUT2D eigenvalue weighted by molar-refractivity contribution is 8.00. The Labute approximate surface area is 173 Å². The van der Waals surface area contributed by atoms with Crippen LogP contribution in [0, 0.1) is 0 Å². The summed E-state index contributed by atoms with van der Waals surface area (Å²) >= 11 is 1.60. The number of amides is 1. The fourth-order valence-electron chi connectivity index (χ4n) is 3.56. The Kier molecular flexibility index (Phi) is 5.62. The van der Waals surface area contributed by atoms with Crippen molar-refractivity contribution < 1.29 is 28.5 Å². The van der Waals surface area contributed by atoms with Gasteiger partial charge in [-0.3, -0.25) is 4.79 Å². The zero-order chi connectivity index (χ0) is 20.4. The third kappa shape index (κ3) is 3.76. The largest absolute Gasteiger partial charge is 0.493 e.